The van der Waals surface area contributed by atoms with Gasteiger partial charge in [0.25, 0.3) is 0 Å². The van der Waals surface area contributed by atoms with Crippen LogP contribution in [-0.4, -0.2) is 23.8 Å². The van der Waals surface area contributed by atoms with Crippen LogP contribution in [0.5, 0.6) is 0 Å². The van der Waals surface area contributed by atoms with E-state index in [1.807, 2.05) is 44.2 Å². The van der Waals surface area contributed by atoms with Crippen molar-refractivity contribution in [1.82, 2.24) is 10.6 Å². The van der Waals surface area contributed by atoms with Crippen molar-refractivity contribution >= 4 is 6.03 Å². The molecule has 0 aliphatic rings. The number of aliphatic hydroxyl groups is 1. The summed E-state index contributed by atoms with van der Waals surface area (Å²) in [5.41, 5.74) is 0.893. The van der Waals surface area contributed by atoms with Crippen LogP contribution in [0.3, 0.4) is 0 Å². The van der Waals surface area contributed by atoms with Crippen LogP contribution >= 0.6 is 0 Å². The summed E-state index contributed by atoms with van der Waals surface area (Å²) < 4.78 is 0. The largest absolute Gasteiger partial charge is 0.394 e. The summed E-state index contributed by atoms with van der Waals surface area (Å²) in [4.78, 5) is 11.5. The summed E-state index contributed by atoms with van der Waals surface area (Å²) in [6.45, 7) is 3.65. The first-order valence-electron chi connectivity index (χ1n) is 5.36. The number of rotatable bonds is 4. The van der Waals surface area contributed by atoms with Gasteiger partial charge in [0.05, 0.1) is 12.6 Å². The molecule has 0 aliphatic heterocycles. The number of benzene rings is 1. The molecular formula is C12H18N2O2. The van der Waals surface area contributed by atoms with Gasteiger partial charge in [-0.1, -0.05) is 30.3 Å². The third-order valence-electron chi connectivity index (χ3n) is 2.11. The summed E-state index contributed by atoms with van der Waals surface area (Å²) >= 11 is 0. The van der Waals surface area contributed by atoms with Gasteiger partial charge >= 0.3 is 6.03 Å². The zero-order chi connectivity index (χ0) is 12.0. The Morgan fingerprint density at radius 1 is 1.25 bits per heavy atom. The van der Waals surface area contributed by atoms with E-state index in [0.29, 0.717) is 0 Å². The minimum absolute atomic E-state index is 0.0788. The second-order valence-electron chi connectivity index (χ2n) is 3.92. The van der Waals surface area contributed by atoms with Gasteiger partial charge in [-0.15, -0.1) is 0 Å². The van der Waals surface area contributed by atoms with Crippen molar-refractivity contribution in [2.75, 3.05) is 6.61 Å². The zero-order valence-corrected chi connectivity index (χ0v) is 9.60. The molecule has 0 aliphatic carbocycles. The maximum Gasteiger partial charge on any atom is 0.315 e. The Morgan fingerprint density at radius 2 is 1.88 bits per heavy atom. The van der Waals surface area contributed by atoms with Crippen molar-refractivity contribution < 1.29 is 9.90 Å². The molecule has 1 rings (SSSR count). The van der Waals surface area contributed by atoms with E-state index < -0.39 is 0 Å². The van der Waals surface area contributed by atoms with Crippen molar-refractivity contribution in [2.45, 2.75) is 25.9 Å². The Hall–Kier alpha value is -1.55. The van der Waals surface area contributed by atoms with Crippen LogP contribution in [0.2, 0.25) is 0 Å². The van der Waals surface area contributed by atoms with Gasteiger partial charge in [-0.3, -0.25) is 0 Å². The van der Waals surface area contributed by atoms with Crippen LogP contribution in [0.1, 0.15) is 25.5 Å². The van der Waals surface area contributed by atoms with Gasteiger partial charge in [0.2, 0.25) is 0 Å². The molecule has 0 saturated carbocycles. The number of urea groups is 1. The SMILES string of the molecule is CC(C)NC(=O)NC(CO)c1ccccc1. The van der Waals surface area contributed by atoms with Gasteiger partial charge in [0, 0.05) is 6.04 Å². The highest BCUT2D eigenvalue weighted by Crippen LogP contribution is 2.10. The molecule has 0 spiro atoms. The van der Waals surface area contributed by atoms with Gasteiger partial charge in [-0.25, -0.2) is 4.79 Å². The maximum atomic E-state index is 11.5. The van der Waals surface area contributed by atoms with Crippen LogP contribution in [0.25, 0.3) is 0 Å². The summed E-state index contributed by atoms with van der Waals surface area (Å²) in [7, 11) is 0. The lowest BCUT2D eigenvalue weighted by atomic mass is 10.1. The lowest BCUT2D eigenvalue weighted by Gasteiger charge is -2.18. The Morgan fingerprint density at radius 3 is 2.38 bits per heavy atom. The van der Waals surface area contributed by atoms with Crippen molar-refractivity contribution in [2.24, 2.45) is 0 Å². The van der Waals surface area contributed by atoms with E-state index in [4.69, 9.17) is 0 Å². The number of amides is 2. The van der Waals surface area contributed by atoms with Crippen LogP contribution < -0.4 is 10.6 Å². The van der Waals surface area contributed by atoms with E-state index in [2.05, 4.69) is 10.6 Å². The summed E-state index contributed by atoms with van der Waals surface area (Å²) in [5, 5.41) is 14.7. The fourth-order valence-electron chi connectivity index (χ4n) is 1.38. The minimum Gasteiger partial charge on any atom is -0.394 e. The summed E-state index contributed by atoms with van der Waals surface area (Å²) in [6, 6.07) is 8.84. The lowest BCUT2D eigenvalue weighted by molar-refractivity contribution is 0.215. The maximum absolute atomic E-state index is 11.5. The standard InChI is InChI=1S/C12H18N2O2/c1-9(2)13-12(16)14-11(8-15)10-6-4-3-5-7-10/h3-7,9,11,15H,8H2,1-2H3,(H2,13,14,16). The van der Waals surface area contributed by atoms with Crippen molar-refractivity contribution in [3.8, 4) is 0 Å². The number of aliphatic hydroxyl groups excluding tert-OH is 1. The summed E-state index contributed by atoms with van der Waals surface area (Å²) in [5.74, 6) is 0. The molecule has 0 saturated heterocycles. The van der Waals surface area contributed by atoms with Crippen LogP contribution in [0.4, 0.5) is 4.79 Å². The quantitative estimate of drug-likeness (QED) is 0.721. The summed E-state index contributed by atoms with van der Waals surface area (Å²) in [6.07, 6.45) is 0. The van der Waals surface area contributed by atoms with Crippen molar-refractivity contribution in [3.05, 3.63) is 35.9 Å². The second-order valence-corrected chi connectivity index (χ2v) is 3.92. The minimum atomic E-state index is -0.361. The fourth-order valence-corrected chi connectivity index (χ4v) is 1.38. The molecular weight excluding hydrogens is 204 g/mol. The first-order chi connectivity index (χ1) is 7.63. The molecule has 1 aromatic carbocycles. The van der Waals surface area contributed by atoms with Gasteiger partial charge in [-0.2, -0.15) is 0 Å². The number of carbonyl (C=O) groups is 1. The average Bonchev–Trinajstić information content (AvgIpc) is 2.26. The van der Waals surface area contributed by atoms with Gasteiger partial charge in [0.15, 0.2) is 0 Å². The Bertz CT molecular complexity index is 325. The molecule has 88 valence electrons. The molecule has 0 heterocycles. The zero-order valence-electron chi connectivity index (χ0n) is 9.60. The molecule has 0 bridgehead atoms. The molecule has 4 heteroatoms. The molecule has 2 amide bonds. The monoisotopic (exact) mass is 222 g/mol. The van der Waals surface area contributed by atoms with Crippen molar-refractivity contribution in [3.63, 3.8) is 0 Å². The van der Waals surface area contributed by atoms with Gasteiger partial charge < -0.3 is 15.7 Å². The van der Waals surface area contributed by atoms with Gasteiger partial charge in [-0.05, 0) is 19.4 Å². The molecule has 0 radical (unpaired) electrons. The molecule has 4 nitrogen and oxygen atoms in total. The molecule has 0 fully saturated rings. The predicted molar refractivity (Wildman–Crippen MR) is 63.1 cm³/mol. The van der Waals surface area contributed by atoms with Gasteiger partial charge in [0.1, 0.15) is 0 Å². The predicted octanol–water partition coefficient (Wildman–Crippen LogP) is 1.43. The fraction of sp³-hybridized carbons (Fsp3) is 0.417. The molecule has 3 N–H and O–H groups in total. The number of carbonyl (C=O) groups excluding carboxylic acids is 1. The smallest absolute Gasteiger partial charge is 0.315 e. The highest BCUT2D eigenvalue weighted by atomic mass is 16.3. The molecule has 16 heavy (non-hydrogen) atoms. The van der Waals surface area contributed by atoms with E-state index in [-0.39, 0.29) is 24.7 Å². The van der Waals surface area contributed by atoms with Crippen LogP contribution in [-0.2, 0) is 0 Å². The highest BCUT2D eigenvalue weighted by molar-refractivity contribution is 5.74. The van der Waals surface area contributed by atoms with Crippen LogP contribution in [0.15, 0.2) is 30.3 Å². The Kier molecular flexibility index (Phi) is 4.79. The number of hydrogen-bond donors (Lipinski definition) is 3. The number of nitrogens with one attached hydrogen (secondary N) is 2. The van der Waals surface area contributed by atoms with Crippen LogP contribution in [0, 0.1) is 0 Å². The molecule has 1 atom stereocenters. The normalized spacial score (nSPS) is 12.2. The Balaban J connectivity index is 2.59. The average molecular weight is 222 g/mol. The second kappa shape index (κ2) is 6.12. The molecule has 1 unspecified atom stereocenters. The van der Waals surface area contributed by atoms with E-state index in [9.17, 15) is 9.90 Å². The Labute approximate surface area is 95.7 Å². The van der Waals surface area contributed by atoms with E-state index in [1.165, 1.54) is 0 Å². The molecule has 1 aromatic rings. The first-order valence-corrected chi connectivity index (χ1v) is 5.36. The first kappa shape index (κ1) is 12.5. The molecule has 0 aromatic heterocycles. The third-order valence-corrected chi connectivity index (χ3v) is 2.11. The van der Waals surface area contributed by atoms with E-state index in [1.54, 1.807) is 0 Å². The topological polar surface area (TPSA) is 61.4 Å². The third kappa shape index (κ3) is 3.90. The number of hydrogen-bond acceptors (Lipinski definition) is 2. The highest BCUT2D eigenvalue weighted by Gasteiger charge is 2.13. The van der Waals surface area contributed by atoms with E-state index in [0.717, 1.165) is 5.56 Å². The van der Waals surface area contributed by atoms with E-state index >= 15 is 0 Å². The van der Waals surface area contributed by atoms with Crippen molar-refractivity contribution in [1.29, 1.82) is 0 Å². The lowest BCUT2D eigenvalue weighted by Crippen LogP contribution is -2.42.